The summed E-state index contributed by atoms with van der Waals surface area (Å²) in [6, 6.07) is -0.762. The van der Waals surface area contributed by atoms with Gasteiger partial charge in [0.1, 0.15) is 0 Å². The van der Waals surface area contributed by atoms with Crippen LogP contribution in [0.4, 0.5) is 0 Å². The van der Waals surface area contributed by atoms with Crippen molar-refractivity contribution in [2.24, 2.45) is 0 Å². The van der Waals surface area contributed by atoms with Gasteiger partial charge in [-0.25, -0.2) is 0 Å². The summed E-state index contributed by atoms with van der Waals surface area (Å²) in [6.45, 7) is 4.22. The standard InChI is InChI=1S/C53H101NO4/c1-3-5-7-9-11-13-15-17-19-21-23-24-25-26-27-29-30-32-34-36-38-40-42-44-46-50(56)48-53(58)54-51(49-55)52(57)47-45-43-41-39-37-35-33-31-28-22-20-18-16-14-12-10-8-6-4-2/h26-27,37,39,45,47,50-52,55-57H,3-25,28-36,38,40-44,46,48-49H2,1-2H3,(H,54,58)/b27-26-,39-37+,47-45+. The third-order valence-corrected chi connectivity index (χ3v) is 11.9. The summed E-state index contributed by atoms with van der Waals surface area (Å²) in [5, 5.41) is 33.3. The number of rotatable bonds is 47. The number of aliphatic hydroxyl groups is 3. The summed E-state index contributed by atoms with van der Waals surface area (Å²) in [5.74, 6) is -0.325. The average molecular weight is 816 g/mol. The number of allylic oxidation sites excluding steroid dienone is 5. The van der Waals surface area contributed by atoms with E-state index in [0.717, 1.165) is 32.1 Å². The SMILES string of the molecule is CCCCCCCCCCCCCC/C=C\CCCCCCCCCCC(O)CC(=O)NC(CO)C(O)/C=C/CC/C=C/CCCCCCCCCCCCCCC. The highest BCUT2D eigenvalue weighted by Crippen LogP contribution is 2.16. The van der Waals surface area contributed by atoms with Gasteiger partial charge in [0, 0.05) is 0 Å². The lowest BCUT2D eigenvalue weighted by atomic mass is 10.0. The first-order valence-corrected chi connectivity index (χ1v) is 25.8. The van der Waals surface area contributed by atoms with Crippen LogP contribution in [0.25, 0.3) is 0 Å². The van der Waals surface area contributed by atoms with Gasteiger partial charge in [-0.1, -0.05) is 243 Å². The van der Waals surface area contributed by atoms with Crippen molar-refractivity contribution in [3.63, 3.8) is 0 Å². The molecule has 342 valence electrons. The van der Waals surface area contributed by atoms with Crippen molar-refractivity contribution >= 4 is 5.91 Å². The Hall–Kier alpha value is -1.43. The predicted octanol–water partition coefficient (Wildman–Crippen LogP) is 15.5. The lowest BCUT2D eigenvalue weighted by Gasteiger charge is -2.21. The molecule has 0 aliphatic heterocycles. The van der Waals surface area contributed by atoms with E-state index in [4.69, 9.17) is 0 Å². The van der Waals surface area contributed by atoms with Crippen molar-refractivity contribution < 1.29 is 20.1 Å². The van der Waals surface area contributed by atoms with Crippen molar-refractivity contribution in [3.8, 4) is 0 Å². The molecule has 0 aromatic heterocycles. The van der Waals surface area contributed by atoms with Crippen LogP contribution in [-0.4, -0.2) is 46.1 Å². The molecule has 0 heterocycles. The monoisotopic (exact) mass is 816 g/mol. The van der Waals surface area contributed by atoms with Gasteiger partial charge in [-0.05, 0) is 57.8 Å². The smallest absolute Gasteiger partial charge is 0.222 e. The number of aliphatic hydroxyl groups excluding tert-OH is 3. The van der Waals surface area contributed by atoms with E-state index in [-0.39, 0.29) is 18.9 Å². The van der Waals surface area contributed by atoms with E-state index in [2.05, 4.69) is 43.5 Å². The molecule has 5 nitrogen and oxygen atoms in total. The molecular formula is C53H101NO4. The molecule has 0 aromatic carbocycles. The predicted molar refractivity (Wildman–Crippen MR) is 254 cm³/mol. The van der Waals surface area contributed by atoms with Gasteiger partial charge in [-0.3, -0.25) is 4.79 Å². The number of hydrogen-bond acceptors (Lipinski definition) is 4. The molecule has 58 heavy (non-hydrogen) atoms. The Morgan fingerprint density at radius 3 is 1.10 bits per heavy atom. The second-order valence-corrected chi connectivity index (χ2v) is 17.8. The quantitative estimate of drug-likeness (QED) is 0.0364. The number of carbonyl (C=O) groups is 1. The largest absolute Gasteiger partial charge is 0.394 e. The van der Waals surface area contributed by atoms with Gasteiger partial charge in [0.15, 0.2) is 0 Å². The molecule has 0 radical (unpaired) electrons. The van der Waals surface area contributed by atoms with Crippen LogP contribution in [0.3, 0.4) is 0 Å². The summed E-state index contributed by atoms with van der Waals surface area (Å²) in [4.78, 5) is 12.5. The Morgan fingerprint density at radius 2 is 0.741 bits per heavy atom. The van der Waals surface area contributed by atoms with Crippen LogP contribution in [-0.2, 0) is 4.79 Å². The first-order valence-electron chi connectivity index (χ1n) is 25.8. The molecule has 5 heteroatoms. The van der Waals surface area contributed by atoms with E-state index in [0.29, 0.717) is 6.42 Å². The lowest BCUT2D eigenvalue weighted by Crippen LogP contribution is -2.45. The highest BCUT2D eigenvalue weighted by atomic mass is 16.3. The van der Waals surface area contributed by atoms with Gasteiger partial charge < -0.3 is 20.6 Å². The molecule has 1 amide bonds. The zero-order chi connectivity index (χ0) is 42.3. The minimum absolute atomic E-state index is 0.00475. The first-order chi connectivity index (χ1) is 28.5. The lowest BCUT2D eigenvalue weighted by molar-refractivity contribution is -0.124. The molecule has 0 saturated heterocycles. The zero-order valence-corrected chi connectivity index (χ0v) is 38.9. The Bertz CT molecular complexity index is 901. The molecule has 3 unspecified atom stereocenters. The fourth-order valence-electron chi connectivity index (χ4n) is 7.94. The van der Waals surface area contributed by atoms with E-state index >= 15 is 0 Å². The summed E-state index contributed by atoms with van der Waals surface area (Å²) in [5.41, 5.74) is 0. The second-order valence-electron chi connectivity index (χ2n) is 17.8. The molecular weight excluding hydrogens is 715 g/mol. The van der Waals surface area contributed by atoms with Crippen LogP contribution in [0.2, 0.25) is 0 Å². The number of amides is 1. The molecule has 3 atom stereocenters. The van der Waals surface area contributed by atoms with E-state index in [9.17, 15) is 20.1 Å². The molecule has 0 bridgehead atoms. The van der Waals surface area contributed by atoms with Gasteiger partial charge in [-0.2, -0.15) is 0 Å². The van der Waals surface area contributed by atoms with Crippen LogP contribution < -0.4 is 5.32 Å². The van der Waals surface area contributed by atoms with Crippen molar-refractivity contribution in [2.75, 3.05) is 6.61 Å². The summed E-state index contributed by atoms with van der Waals surface area (Å²) >= 11 is 0. The molecule has 0 saturated carbocycles. The molecule has 0 aliphatic rings. The van der Waals surface area contributed by atoms with E-state index in [1.54, 1.807) is 6.08 Å². The normalized spacial score (nSPS) is 13.7. The summed E-state index contributed by atoms with van der Waals surface area (Å²) < 4.78 is 0. The van der Waals surface area contributed by atoms with Crippen LogP contribution in [0.5, 0.6) is 0 Å². The van der Waals surface area contributed by atoms with Crippen LogP contribution >= 0.6 is 0 Å². The fourth-order valence-corrected chi connectivity index (χ4v) is 7.94. The molecule has 0 fully saturated rings. The van der Waals surface area contributed by atoms with Crippen LogP contribution in [0.1, 0.15) is 271 Å². The Balaban J connectivity index is 3.63. The molecule has 0 spiro atoms. The molecule has 0 aliphatic carbocycles. The maximum atomic E-state index is 12.5. The highest BCUT2D eigenvalue weighted by Gasteiger charge is 2.20. The average Bonchev–Trinajstić information content (AvgIpc) is 3.22. The Morgan fingerprint density at radius 1 is 0.431 bits per heavy atom. The minimum Gasteiger partial charge on any atom is -0.394 e. The summed E-state index contributed by atoms with van der Waals surface area (Å²) in [7, 11) is 0. The van der Waals surface area contributed by atoms with Gasteiger partial charge in [0.2, 0.25) is 5.91 Å². The van der Waals surface area contributed by atoms with Crippen LogP contribution in [0, 0.1) is 0 Å². The molecule has 0 rings (SSSR count). The number of unbranched alkanes of at least 4 members (excludes halogenated alkanes) is 34. The number of hydrogen-bond donors (Lipinski definition) is 4. The van der Waals surface area contributed by atoms with E-state index in [1.165, 1.54) is 212 Å². The third-order valence-electron chi connectivity index (χ3n) is 11.9. The summed E-state index contributed by atoms with van der Waals surface area (Å²) in [6.07, 6.45) is 61.7. The van der Waals surface area contributed by atoms with Gasteiger partial charge >= 0.3 is 0 Å². The molecule has 0 aromatic rings. The number of nitrogens with one attached hydrogen (secondary N) is 1. The van der Waals surface area contributed by atoms with Gasteiger partial charge in [0.25, 0.3) is 0 Å². The van der Waals surface area contributed by atoms with Crippen molar-refractivity contribution in [1.82, 2.24) is 5.32 Å². The second kappa shape index (κ2) is 48.2. The topological polar surface area (TPSA) is 89.8 Å². The van der Waals surface area contributed by atoms with Crippen molar-refractivity contribution in [2.45, 2.75) is 289 Å². The highest BCUT2D eigenvalue weighted by molar-refractivity contribution is 5.76. The Kier molecular flexibility index (Phi) is 47.0. The van der Waals surface area contributed by atoms with Gasteiger partial charge in [0.05, 0.1) is 31.3 Å². The number of carbonyl (C=O) groups excluding carboxylic acids is 1. The van der Waals surface area contributed by atoms with E-state index < -0.39 is 18.2 Å². The Labute approximate surface area is 362 Å². The van der Waals surface area contributed by atoms with Gasteiger partial charge in [-0.15, -0.1) is 0 Å². The van der Waals surface area contributed by atoms with Crippen molar-refractivity contribution in [1.29, 1.82) is 0 Å². The molecule has 4 N–H and O–H groups in total. The maximum absolute atomic E-state index is 12.5. The van der Waals surface area contributed by atoms with Crippen LogP contribution in [0.15, 0.2) is 36.5 Å². The first kappa shape index (κ1) is 56.6. The third kappa shape index (κ3) is 44.1. The fraction of sp³-hybridized carbons (Fsp3) is 0.868. The van der Waals surface area contributed by atoms with E-state index in [1.807, 2.05) is 6.08 Å². The van der Waals surface area contributed by atoms with Crippen molar-refractivity contribution in [3.05, 3.63) is 36.5 Å². The maximum Gasteiger partial charge on any atom is 0.222 e. The zero-order valence-electron chi connectivity index (χ0n) is 38.9. The minimum atomic E-state index is -0.953.